The highest BCUT2D eigenvalue weighted by molar-refractivity contribution is 5.95. The zero-order chi connectivity index (χ0) is 15.7. The molecule has 2 atom stereocenters. The number of β-amino-alcohol motifs (C(OH)–C–C–N with tert-alkyl or cyclic N) is 1. The number of nitrogens with one attached hydrogen (secondary N) is 2. The molecule has 6 heteroatoms. The minimum absolute atomic E-state index is 0.112. The number of aryl methyl sites for hydroxylation is 1. The number of hydrogen-bond acceptors (Lipinski definition) is 4. The van der Waals surface area contributed by atoms with Crippen LogP contribution >= 0.6 is 0 Å². The van der Waals surface area contributed by atoms with Crippen molar-refractivity contribution in [3.63, 3.8) is 0 Å². The van der Waals surface area contributed by atoms with E-state index in [2.05, 4.69) is 15.6 Å². The van der Waals surface area contributed by atoms with E-state index in [-0.39, 0.29) is 11.9 Å². The first-order valence-corrected chi connectivity index (χ1v) is 7.38. The molecule has 0 aliphatic carbocycles. The number of rotatable bonds is 3. The predicted molar refractivity (Wildman–Crippen MR) is 84.1 cm³/mol. The number of hydrogen-bond donors (Lipinski definition) is 3. The lowest BCUT2D eigenvalue weighted by Crippen LogP contribution is -2.35. The normalized spacial score (nSPS) is 21.0. The molecule has 6 nitrogen and oxygen atoms in total. The van der Waals surface area contributed by atoms with Gasteiger partial charge in [0.1, 0.15) is 0 Å². The Kier molecular flexibility index (Phi) is 3.96. The fourth-order valence-corrected chi connectivity index (χ4v) is 2.61. The van der Waals surface area contributed by atoms with Gasteiger partial charge < -0.3 is 20.3 Å². The molecule has 1 aliphatic rings. The number of amides is 1. The second-order valence-electron chi connectivity index (χ2n) is 5.67. The van der Waals surface area contributed by atoms with E-state index in [1.807, 2.05) is 42.7 Å². The summed E-state index contributed by atoms with van der Waals surface area (Å²) in [6, 6.07) is 7.30. The topological polar surface area (TPSA) is 79.2 Å². The molecule has 0 saturated carbocycles. The fraction of sp³-hybridized carbons (Fsp3) is 0.375. The summed E-state index contributed by atoms with van der Waals surface area (Å²) in [5, 5.41) is 15.3. The monoisotopic (exact) mass is 300 g/mol. The summed E-state index contributed by atoms with van der Waals surface area (Å²) >= 11 is 0. The number of imidazole rings is 1. The third-order valence-electron chi connectivity index (χ3n) is 4.09. The quantitative estimate of drug-likeness (QED) is 0.794. The molecule has 116 valence electrons. The van der Waals surface area contributed by atoms with E-state index < -0.39 is 6.10 Å². The molecule has 3 N–H and O–H groups in total. The Bertz CT molecular complexity index is 678. The van der Waals surface area contributed by atoms with Gasteiger partial charge in [0.05, 0.1) is 24.2 Å². The van der Waals surface area contributed by atoms with Crippen molar-refractivity contribution in [2.24, 2.45) is 0 Å². The van der Waals surface area contributed by atoms with Crippen LogP contribution in [0.25, 0.3) is 5.69 Å². The number of aliphatic hydroxyl groups excluding tert-OH is 1. The van der Waals surface area contributed by atoms with Crippen molar-refractivity contribution in [3.05, 3.63) is 42.0 Å². The van der Waals surface area contributed by atoms with Crippen molar-refractivity contribution >= 4 is 11.6 Å². The van der Waals surface area contributed by atoms with Crippen molar-refractivity contribution in [1.29, 1.82) is 0 Å². The molecule has 0 radical (unpaired) electrons. The Morgan fingerprint density at radius 2 is 2.09 bits per heavy atom. The molecule has 2 aromatic rings. The summed E-state index contributed by atoms with van der Waals surface area (Å²) in [5.41, 5.74) is 3.85. The van der Waals surface area contributed by atoms with Crippen molar-refractivity contribution in [2.45, 2.75) is 32.4 Å². The van der Waals surface area contributed by atoms with Gasteiger partial charge in [-0.2, -0.15) is 0 Å². The number of benzene rings is 1. The van der Waals surface area contributed by atoms with Gasteiger partial charge in [-0.1, -0.05) is 0 Å². The summed E-state index contributed by atoms with van der Waals surface area (Å²) < 4.78 is 2.01. The molecule has 22 heavy (non-hydrogen) atoms. The van der Waals surface area contributed by atoms with E-state index in [4.69, 9.17) is 0 Å². The predicted octanol–water partition coefficient (Wildman–Crippen LogP) is 1.15. The molecule has 1 aromatic carbocycles. The zero-order valence-electron chi connectivity index (χ0n) is 12.7. The van der Waals surface area contributed by atoms with Gasteiger partial charge in [0, 0.05) is 23.6 Å². The molecule has 1 aromatic heterocycles. The molecule has 1 saturated heterocycles. The summed E-state index contributed by atoms with van der Waals surface area (Å²) in [7, 11) is 0. The first-order valence-electron chi connectivity index (χ1n) is 7.38. The zero-order valence-corrected chi connectivity index (χ0v) is 12.7. The van der Waals surface area contributed by atoms with Crippen LogP contribution in [0.5, 0.6) is 0 Å². The van der Waals surface area contributed by atoms with E-state index >= 15 is 0 Å². The van der Waals surface area contributed by atoms with Gasteiger partial charge in [-0.25, -0.2) is 4.98 Å². The van der Waals surface area contributed by atoms with E-state index in [1.165, 1.54) is 0 Å². The first-order chi connectivity index (χ1) is 10.5. The van der Waals surface area contributed by atoms with Gasteiger partial charge in [-0.3, -0.25) is 4.79 Å². The molecule has 1 fully saturated rings. The van der Waals surface area contributed by atoms with Crippen molar-refractivity contribution in [1.82, 2.24) is 14.9 Å². The van der Waals surface area contributed by atoms with Crippen LogP contribution in [0.1, 0.15) is 17.8 Å². The lowest BCUT2D eigenvalue weighted by Gasteiger charge is -2.12. The van der Waals surface area contributed by atoms with Gasteiger partial charge in [-0.05, 0) is 44.5 Å². The van der Waals surface area contributed by atoms with Gasteiger partial charge in [-0.15, -0.1) is 0 Å². The molecular formula is C16H20N4O2. The number of carbonyl (C=O) groups excluding carboxylic acids is 1. The van der Waals surface area contributed by atoms with E-state index in [0.29, 0.717) is 13.0 Å². The number of carbonyl (C=O) groups is 1. The van der Waals surface area contributed by atoms with E-state index in [0.717, 1.165) is 22.8 Å². The highest BCUT2D eigenvalue weighted by Crippen LogP contribution is 2.17. The fourth-order valence-electron chi connectivity index (χ4n) is 2.61. The maximum Gasteiger partial charge on any atom is 0.241 e. The van der Waals surface area contributed by atoms with Crippen molar-refractivity contribution in [2.75, 3.05) is 11.9 Å². The van der Waals surface area contributed by atoms with E-state index in [1.54, 1.807) is 6.33 Å². The molecular weight excluding hydrogens is 280 g/mol. The largest absolute Gasteiger partial charge is 0.392 e. The summed E-state index contributed by atoms with van der Waals surface area (Å²) in [5.74, 6) is -0.112. The minimum Gasteiger partial charge on any atom is -0.392 e. The smallest absolute Gasteiger partial charge is 0.241 e. The highest BCUT2D eigenvalue weighted by Gasteiger charge is 2.27. The van der Waals surface area contributed by atoms with Crippen LogP contribution in [-0.2, 0) is 4.79 Å². The van der Waals surface area contributed by atoms with Crippen LogP contribution in [0.3, 0.4) is 0 Å². The van der Waals surface area contributed by atoms with Crippen LogP contribution < -0.4 is 10.6 Å². The summed E-state index contributed by atoms with van der Waals surface area (Å²) in [6.45, 7) is 4.47. The van der Waals surface area contributed by atoms with Crippen LogP contribution in [0.15, 0.2) is 30.6 Å². The average molecular weight is 300 g/mol. The molecule has 1 amide bonds. The first kappa shape index (κ1) is 14.7. The van der Waals surface area contributed by atoms with Gasteiger partial charge in [0.25, 0.3) is 0 Å². The summed E-state index contributed by atoms with van der Waals surface area (Å²) in [4.78, 5) is 16.4. The van der Waals surface area contributed by atoms with Crippen molar-refractivity contribution in [3.8, 4) is 5.69 Å². The lowest BCUT2D eigenvalue weighted by atomic mass is 10.2. The summed E-state index contributed by atoms with van der Waals surface area (Å²) in [6.07, 6.45) is 1.81. The number of aromatic nitrogens is 2. The van der Waals surface area contributed by atoms with Gasteiger partial charge >= 0.3 is 0 Å². The highest BCUT2D eigenvalue weighted by atomic mass is 16.3. The van der Waals surface area contributed by atoms with Crippen LogP contribution in [0.2, 0.25) is 0 Å². The Hall–Kier alpha value is -2.18. The van der Waals surface area contributed by atoms with Crippen LogP contribution in [0.4, 0.5) is 5.69 Å². The third kappa shape index (κ3) is 2.88. The number of anilines is 1. The second kappa shape index (κ2) is 5.90. The van der Waals surface area contributed by atoms with Crippen molar-refractivity contribution < 1.29 is 9.90 Å². The SMILES string of the molecule is Cc1ncn(-c2ccc(NC(=O)[C@H]3C[C@@H](O)CN3)cc2)c1C. The third-order valence-corrected chi connectivity index (χ3v) is 4.09. The molecule has 0 spiro atoms. The van der Waals surface area contributed by atoms with Crippen LogP contribution in [-0.4, -0.2) is 39.3 Å². The van der Waals surface area contributed by atoms with Gasteiger partial charge in [0.15, 0.2) is 0 Å². The van der Waals surface area contributed by atoms with E-state index in [9.17, 15) is 9.90 Å². The minimum atomic E-state index is -0.439. The molecule has 2 heterocycles. The Labute approximate surface area is 129 Å². The van der Waals surface area contributed by atoms with Crippen LogP contribution in [0, 0.1) is 13.8 Å². The molecule has 1 aliphatic heterocycles. The lowest BCUT2D eigenvalue weighted by molar-refractivity contribution is -0.117. The number of nitrogens with zero attached hydrogens (tertiary/aromatic N) is 2. The molecule has 0 unspecified atom stereocenters. The maximum absolute atomic E-state index is 12.1. The second-order valence-corrected chi connectivity index (χ2v) is 5.67. The Morgan fingerprint density at radius 3 is 2.64 bits per heavy atom. The number of aliphatic hydroxyl groups is 1. The maximum atomic E-state index is 12.1. The Balaban J connectivity index is 1.69. The standard InChI is InChI=1S/C16H20N4O2/c1-10-11(2)20(9-18-10)13-5-3-12(4-6-13)19-16(22)15-7-14(21)8-17-15/h3-6,9,14-15,17,21H,7-8H2,1-2H3,(H,19,22)/t14-,15-/m1/s1. The molecule has 3 rings (SSSR count). The molecule has 0 bridgehead atoms. The van der Waals surface area contributed by atoms with Gasteiger partial charge in [0.2, 0.25) is 5.91 Å². The average Bonchev–Trinajstić information content (AvgIpc) is 3.08. The Morgan fingerprint density at radius 1 is 1.36 bits per heavy atom.